The number of methoxy groups -OCH3 is 1. The maximum atomic E-state index is 5.16. The first-order valence-electron chi connectivity index (χ1n) is 5.42. The Hall–Kier alpha value is -1.54. The Morgan fingerprint density at radius 1 is 0.938 bits per heavy atom. The number of aryl methyl sites for hydroxylation is 1. The first-order chi connectivity index (χ1) is 7.69. The predicted molar refractivity (Wildman–Crippen MR) is 72.7 cm³/mol. The summed E-state index contributed by atoms with van der Waals surface area (Å²) in [4.78, 5) is 0. The molecule has 0 fully saturated rings. The highest BCUT2D eigenvalue weighted by Gasteiger charge is 1.99. The van der Waals surface area contributed by atoms with Crippen LogP contribution in [0.4, 0.5) is 0 Å². The molecule has 82 valence electrons. The Morgan fingerprint density at radius 2 is 1.62 bits per heavy atom. The minimum atomic E-state index is 0.905. The molecule has 2 heteroatoms. The monoisotopic (exact) mass is 228 g/mol. The third-order valence-electron chi connectivity index (χ3n) is 2.65. The molecular formula is C14H16OSi. The highest BCUT2D eigenvalue weighted by molar-refractivity contribution is 6.32. The minimum Gasteiger partial charge on any atom is -0.497 e. The summed E-state index contributed by atoms with van der Waals surface area (Å²) in [6.07, 6.45) is 0. The van der Waals surface area contributed by atoms with Crippen LogP contribution in [0.1, 0.15) is 5.56 Å². The molecule has 0 spiro atoms. The van der Waals surface area contributed by atoms with Crippen molar-refractivity contribution in [1.29, 1.82) is 0 Å². The molecule has 16 heavy (non-hydrogen) atoms. The number of benzene rings is 2. The fraction of sp³-hybridized carbons (Fsp3) is 0.143. The van der Waals surface area contributed by atoms with Crippen molar-refractivity contribution in [3.63, 3.8) is 0 Å². The van der Waals surface area contributed by atoms with E-state index in [2.05, 4.69) is 37.3 Å². The molecule has 0 amide bonds. The summed E-state index contributed by atoms with van der Waals surface area (Å²) in [5, 5.41) is 1.44. The van der Waals surface area contributed by atoms with Crippen LogP contribution in [0, 0.1) is 6.92 Å². The Labute approximate surface area is 99.5 Å². The summed E-state index contributed by atoms with van der Waals surface area (Å²) >= 11 is 0. The molecule has 0 radical (unpaired) electrons. The van der Waals surface area contributed by atoms with Crippen molar-refractivity contribution in [2.45, 2.75) is 6.92 Å². The summed E-state index contributed by atoms with van der Waals surface area (Å²) in [5.41, 5.74) is 3.88. The largest absolute Gasteiger partial charge is 0.497 e. The van der Waals surface area contributed by atoms with Gasteiger partial charge in [-0.25, -0.2) is 0 Å². The molecule has 0 aromatic heterocycles. The van der Waals surface area contributed by atoms with Crippen molar-refractivity contribution in [2.24, 2.45) is 0 Å². The number of hydrogen-bond acceptors (Lipinski definition) is 1. The molecule has 0 unspecified atom stereocenters. The molecule has 0 aliphatic rings. The lowest BCUT2D eigenvalue weighted by Gasteiger charge is -2.06. The highest BCUT2D eigenvalue weighted by atomic mass is 28.1. The third-order valence-corrected chi connectivity index (χ3v) is 3.22. The molecule has 0 heterocycles. The smallest absolute Gasteiger partial charge is 0.118 e. The zero-order valence-electron chi connectivity index (χ0n) is 9.95. The molecule has 0 bridgehead atoms. The lowest BCUT2D eigenvalue weighted by molar-refractivity contribution is 0.415. The first kappa shape index (κ1) is 11.0. The van der Waals surface area contributed by atoms with E-state index in [0.717, 1.165) is 16.0 Å². The van der Waals surface area contributed by atoms with E-state index in [-0.39, 0.29) is 0 Å². The van der Waals surface area contributed by atoms with Crippen molar-refractivity contribution in [1.82, 2.24) is 0 Å². The Kier molecular flexibility index (Phi) is 3.11. The second kappa shape index (κ2) is 4.54. The molecule has 1 nitrogen and oxygen atoms in total. The van der Waals surface area contributed by atoms with E-state index in [1.165, 1.54) is 21.9 Å². The average Bonchev–Trinajstić information content (AvgIpc) is 2.28. The van der Waals surface area contributed by atoms with Crippen LogP contribution in [0.2, 0.25) is 0 Å². The van der Waals surface area contributed by atoms with Gasteiger partial charge in [0.15, 0.2) is 0 Å². The highest BCUT2D eigenvalue weighted by Crippen LogP contribution is 2.22. The van der Waals surface area contributed by atoms with Gasteiger partial charge in [0.2, 0.25) is 0 Å². The van der Waals surface area contributed by atoms with E-state index in [1.807, 2.05) is 12.1 Å². The Balaban J connectivity index is 2.42. The van der Waals surface area contributed by atoms with Gasteiger partial charge in [0.05, 0.1) is 7.11 Å². The van der Waals surface area contributed by atoms with E-state index < -0.39 is 0 Å². The maximum Gasteiger partial charge on any atom is 0.118 e. The van der Waals surface area contributed by atoms with Crippen molar-refractivity contribution < 1.29 is 4.74 Å². The molecule has 2 aromatic rings. The predicted octanol–water partition coefficient (Wildman–Crippen LogP) is 1.66. The number of ether oxygens (including phenoxy) is 1. The molecule has 0 saturated carbocycles. The van der Waals surface area contributed by atoms with Crippen LogP contribution in [0.25, 0.3) is 11.1 Å². The van der Waals surface area contributed by atoms with Crippen molar-refractivity contribution in [3.8, 4) is 16.9 Å². The molecule has 0 atom stereocenters. The standard InChI is InChI=1S/C14H16OSi/c1-10-7-12(9-14(16)8-10)11-3-5-13(15-2)6-4-11/h3-9H,1-2,16H3. The van der Waals surface area contributed by atoms with Gasteiger partial charge in [-0.3, -0.25) is 0 Å². The zero-order chi connectivity index (χ0) is 11.5. The van der Waals surface area contributed by atoms with Crippen LogP contribution in [-0.2, 0) is 0 Å². The minimum absolute atomic E-state index is 0.905. The molecule has 2 aromatic carbocycles. The Morgan fingerprint density at radius 3 is 2.19 bits per heavy atom. The molecular weight excluding hydrogens is 212 g/mol. The van der Waals surface area contributed by atoms with Gasteiger partial charge in [-0.2, -0.15) is 0 Å². The van der Waals surface area contributed by atoms with Gasteiger partial charge in [0, 0.05) is 10.2 Å². The maximum absolute atomic E-state index is 5.16. The number of hydrogen-bond donors (Lipinski definition) is 0. The van der Waals surface area contributed by atoms with E-state index >= 15 is 0 Å². The van der Waals surface area contributed by atoms with Gasteiger partial charge >= 0.3 is 0 Å². The fourth-order valence-corrected chi connectivity index (χ4v) is 2.69. The summed E-state index contributed by atoms with van der Waals surface area (Å²) < 4.78 is 5.16. The second-order valence-corrected chi connectivity index (χ2v) is 5.26. The molecule has 2 rings (SSSR count). The summed E-state index contributed by atoms with van der Waals surface area (Å²) in [6, 6.07) is 15.0. The molecule has 0 saturated heterocycles. The van der Waals surface area contributed by atoms with Crippen LogP contribution in [0.5, 0.6) is 5.75 Å². The van der Waals surface area contributed by atoms with E-state index in [1.54, 1.807) is 7.11 Å². The van der Waals surface area contributed by atoms with Gasteiger partial charge < -0.3 is 4.74 Å². The van der Waals surface area contributed by atoms with Gasteiger partial charge in [-0.1, -0.05) is 41.1 Å². The van der Waals surface area contributed by atoms with Crippen LogP contribution >= 0.6 is 0 Å². The fourth-order valence-electron chi connectivity index (χ4n) is 1.92. The van der Waals surface area contributed by atoms with Crippen molar-refractivity contribution >= 4 is 15.4 Å². The molecule has 0 aliphatic carbocycles. The van der Waals surface area contributed by atoms with Gasteiger partial charge in [0.1, 0.15) is 5.75 Å². The van der Waals surface area contributed by atoms with Crippen molar-refractivity contribution in [2.75, 3.05) is 7.11 Å². The topological polar surface area (TPSA) is 9.23 Å². The quantitative estimate of drug-likeness (QED) is 0.710. The normalized spacial score (nSPS) is 10.4. The lowest BCUT2D eigenvalue weighted by atomic mass is 10.0. The first-order valence-corrected chi connectivity index (χ1v) is 6.42. The zero-order valence-corrected chi connectivity index (χ0v) is 11.9. The van der Waals surface area contributed by atoms with Crippen LogP contribution in [0.3, 0.4) is 0 Å². The van der Waals surface area contributed by atoms with E-state index in [4.69, 9.17) is 4.74 Å². The summed E-state index contributed by atoms with van der Waals surface area (Å²) in [6.45, 7) is 2.15. The van der Waals surface area contributed by atoms with E-state index in [0.29, 0.717) is 0 Å². The second-order valence-electron chi connectivity index (χ2n) is 4.10. The summed E-state index contributed by atoms with van der Waals surface area (Å²) in [7, 11) is 2.79. The van der Waals surface area contributed by atoms with Crippen molar-refractivity contribution in [3.05, 3.63) is 48.0 Å². The average molecular weight is 228 g/mol. The van der Waals surface area contributed by atoms with Gasteiger partial charge in [0.25, 0.3) is 0 Å². The third kappa shape index (κ3) is 2.34. The SMILES string of the molecule is COc1ccc(-c2cc(C)cc([SiH3])c2)cc1. The molecule has 0 aliphatic heterocycles. The van der Waals surface area contributed by atoms with E-state index in [9.17, 15) is 0 Å². The van der Waals surface area contributed by atoms with Gasteiger partial charge in [-0.05, 0) is 30.2 Å². The van der Waals surface area contributed by atoms with Crippen LogP contribution in [-0.4, -0.2) is 17.4 Å². The summed E-state index contributed by atoms with van der Waals surface area (Å²) in [5.74, 6) is 0.905. The van der Waals surface area contributed by atoms with Crippen LogP contribution in [0.15, 0.2) is 42.5 Å². The van der Waals surface area contributed by atoms with Gasteiger partial charge in [-0.15, -0.1) is 0 Å². The lowest BCUT2D eigenvalue weighted by Crippen LogP contribution is -2.02. The molecule has 0 N–H and O–H groups in total. The van der Waals surface area contributed by atoms with Crippen LogP contribution < -0.4 is 9.92 Å². The Bertz CT molecular complexity index is 468. The number of rotatable bonds is 2.